The molecule has 8 nitrogen and oxygen atoms in total. The Morgan fingerprint density at radius 3 is 2.79 bits per heavy atom. The zero-order valence-electron chi connectivity index (χ0n) is 17.8. The molecular weight excluding hydrogens is 486 g/mol. The number of halogens is 1. The number of nitrogens with one attached hydrogen (secondary N) is 1. The largest absolute Gasteiger partial charge is 0.465 e. The van der Waals surface area contributed by atoms with Crippen molar-refractivity contribution in [1.29, 1.82) is 0 Å². The van der Waals surface area contributed by atoms with E-state index < -0.39 is 26.9 Å². The molecule has 1 N–H and O–H groups in total. The van der Waals surface area contributed by atoms with E-state index >= 15 is 0 Å². The average molecular weight is 506 g/mol. The number of sulfone groups is 1. The van der Waals surface area contributed by atoms with E-state index in [4.69, 9.17) is 16.3 Å². The Hall–Kier alpha value is -2.82. The van der Waals surface area contributed by atoms with Gasteiger partial charge in [-0.1, -0.05) is 41.4 Å². The normalized spacial score (nSPS) is 12.9. The summed E-state index contributed by atoms with van der Waals surface area (Å²) in [6.07, 6.45) is 3.55. The molecule has 4 rings (SSSR count). The van der Waals surface area contributed by atoms with Gasteiger partial charge in [-0.2, -0.15) is 0 Å². The Bertz CT molecular complexity index is 1370. The van der Waals surface area contributed by atoms with Gasteiger partial charge in [0.25, 0.3) is 5.91 Å². The number of esters is 1. The topological polar surface area (TPSA) is 115 Å². The summed E-state index contributed by atoms with van der Waals surface area (Å²) in [6, 6.07) is 7.07. The molecule has 0 spiro atoms. The van der Waals surface area contributed by atoms with Crippen LogP contribution in [0.4, 0.5) is 5.00 Å². The lowest BCUT2D eigenvalue weighted by atomic mass is 10.1. The van der Waals surface area contributed by atoms with Crippen LogP contribution in [0.25, 0.3) is 0 Å². The number of carbonyl (C=O) groups excluding carboxylic acids is 2. The molecular formula is C22H20ClN3O5S2. The van der Waals surface area contributed by atoms with Gasteiger partial charge in [0.2, 0.25) is 15.0 Å². The molecule has 2 aromatic heterocycles. The van der Waals surface area contributed by atoms with Gasteiger partial charge in [0.15, 0.2) is 5.69 Å². The number of thiophene rings is 1. The quantitative estimate of drug-likeness (QED) is 0.397. The van der Waals surface area contributed by atoms with Gasteiger partial charge in [0.1, 0.15) is 5.00 Å². The minimum absolute atomic E-state index is 0.106. The molecule has 33 heavy (non-hydrogen) atoms. The Kier molecular flexibility index (Phi) is 6.51. The van der Waals surface area contributed by atoms with Gasteiger partial charge in [-0.05, 0) is 37.3 Å². The summed E-state index contributed by atoms with van der Waals surface area (Å²) in [5.41, 5.74) is 2.40. The zero-order valence-corrected chi connectivity index (χ0v) is 20.2. The fraction of sp³-hybridized carbons (Fsp3) is 0.273. The van der Waals surface area contributed by atoms with E-state index in [0.717, 1.165) is 41.5 Å². The zero-order chi connectivity index (χ0) is 23.8. The summed E-state index contributed by atoms with van der Waals surface area (Å²) >= 11 is 7.42. The number of amides is 1. The number of rotatable bonds is 6. The molecule has 0 saturated heterocycles. The molecule has 0 bridgehead atoms. The van der Waals surface area contributed by atoms with Crippen molar-refractivity contribution in [2.24, 2.45) is 0 Å². The minimum Gasteiger partial charge on any atom is -0.465 e. The highest BCUT2D eigenvalue weighted by Crippen LogP contribution is 2.39. The fourth-order valence-electron chi connectivity index (χ4n) is 3.72. The Morgan fingerprint density at radius 1 is 1.27 bits per heavy atom. The van der Waals surface area contributed by atoms with Gasteiger partial charge in [-0.15, -0.1) is 11.3 Å². The molecule has 3 aromatic rings. The number of ether oxygens (including phenoxy) is 1. The van der Waals surface area contributed by atoms with Crippen molar-refractivity contribution in [2.75, 3.05) is 12.4 Å². The van der Waals surface area contributed by atoms with E-state index in [9.17, 15) is 18.0 Å². The Balaban J connectivity index is 1.64. The number of aromatic nitrogens is 2. The van der Waals surface area contributed by atoms with Crippen molar-refractivity contribution in [3.8, 4) is 0 Å². The second-order valence-electron chi connectivity index (χ2n) is 7.60. The minimum atomic E-state index is -3.93. The molecule has 1 aromatic carbocycles. The van der Waals surface area contributed by atoms with Crippen molar-refractivity contribution in [1.82, 2.24) is 9.97 Å². The van der Waals surface area contributed by atoms with E-state index in [1.165, 1.54) is 18.4 Å². The van der Waals surface area contributed by atoms with Crippen LogP contribution in [0.2, 0.25) is 5.02 Å². The number of aryl methyl sites for hydroxylation is 2. The number of anilines is 1. The Labute approximate surface area is 199 Å². The molecule has 172 valence electrons. The van der Waals surface area contributed by atoms with Gasteiger partial charge in [0, 0.05) is 4.88 Å². The summed E-state index contributed by atoms with van der Waals surface area (Å²) in [5.74, 6) is -1.60. The highest BCUT2D eigenvalue weighted by atomic mass is 35.5. The summed E-state index contributed by atoms with van der Waals surface area (Å²) in [7, 11) is -2.65. The highest BCUT2D eigenvalue weighted by Gasteiger charge is 2.29. The highest BCUT2D eigenvalue weighted by molar-refractivity contribution is 7.90. The van der Waals surface area contributed by atoms with Crippen molar-refractivity contribution in [2.45, 2.75) is 37.1 Å². The first kappa shape index (κ1) is 23.3. The monoisotopic (exact) mass is 505 g/mol. The van der Waals surface area contributed by atoms with Crippen LogP contribution in [0.3, 0.4) is 0 Å². The lowest BCUT2D eigenvalue weighted by Crippen LogP contribution is -2.19. The van der Waals surface area contributed by atoms with E-state index in [0.29, 0.717) is 16.1 Å². The summed E-state index contributed by atoms with van der Waals surface area (Å²) in [5, 5.41) is 2.38. The standard InChI is InChI=1S/C22H20ClN3O5S2/c1-12-5-3-6-13(9-12)11-33(29,30)22-24-10-15(23)18(25-22)19(27)26-20-17(21(28)31-2)14-7-4-8-16(14)32-20/h3,5-6,9-10H,4,7-8,11H2,1-2H3,(H,26,27). The summed E-state index contributed by atoms with van der Waals surface area (Å²) in [4.78, 5) is 34.1. The van der Waals surface area contributed by atoms with Crippen LogP contribution >= 0.6 is 22.9 Å². The average Bonchev–Trinajstić information content (AvgIpc) is 3.33. The van der Waals surface area contributed by atoms with Crippen molar-refractivity contribution >= 4 is 49.7 Å². The predicted molar refractivity (Wildman–Crippen MR) is 125 cm³/mol. The first-order valence-electron chi connectivity index (χ1n) is 10.0. The number of methoxy groups -OCH3 is 1. The van der Waals surface area contributed by atoms with E-state index in [2.05, 4.69) is 15.3 Å². The molecule has 1 aliphatic rings. The first-order chi connectivity index (χ1) is 15.7. The predicted octanol–water partition coefficient (Wildman–Crippen LogP) is 4.00. The van der Waals surface area contributed by atoms with Gasteiger partial charge in [-0.3, -0.25) is 4.79 Å². The Morgan fingerprint density at radius 2 is 2.06 bits per heavy atom. The molecule has 0 unspecified atom stereocenters. The maximum absolute atomic E-state index is 13.0. The lowest BCUT2D eigenvalue weighted by Gasteiger charge is -2.09. The first-order valence-corrected chi connectivity index (χ1v) is 12.9. The second kappa shape index (κ2) is 9.20. The van der Waals surface area contributed by atoms with Gasteiger partial charge in [0.05, 0.1) is 29.6 Å². The molecule has 0 atom stereocenters. The fourth-order valence-corrected chi connectivity index (χ4v) is 6.36. The van der Waals surface area contributed by atoms with Gasteiger partial charge >= 0.3 is 5.97 Å². The van der Waals surface area contributed by atoms with Crippen LogP contribution in [-0.2, 0) is 33.2 Å². The third-order valence-electron chi connectivity index (χ3n) is 5.19. The van der Waals surface area contributed by atoms with Crippen LogP contribution in [0, 0.1) is 6.92 Å². The van der Waals surface area contributed by atoms with E-state index in [1.807, 2.05) is 13.0 Å². The van der Waals surface area contributed by atoms with Gasteiger partial charge < -0.3 is 10.1 Å². The van der Waals surface area contributed by atoms with Gasteiger partial charge in [-0.25, -0.2) is 23.2 Å². The van der Waals surface area contributed by atoms with E-state index in [1.54, 1.807) is 18.2 Å². The maximum atomic E-state index is 13.0. The molecule has 0 fully saturated rings. The number of nitrogens with zero attached hydrogens (tertiary/aromatic N) is 2. The van der Waals surface area contributed by atoms with Crippen molar-refractivity contribution < 1.29 is 22.7 Å². The van der Waals surface area contributed by atoms with Crippen LogP contribution in [0.1, 0.15) is 48.8 Å². The third kappa shape index (κ3) is 4.78. The second-order valence-corrected chi connectivity index (χ2v) is 11.0. The lowest BCUT2D eigenvalue weighted by molar-refractivity contribution is 0.0601. The van der Waals surface area contributed by atoms with Crippen LogP contribution in [0.5, 0.6) is 0 Å². The molecule has 0 radical (unpaired) electrons. The number of carbonyl (C=O) groups is 2. The molecule has 1 aliphatic carbocycles. The summed E-state index contributed by atoms with van der Waals surface area (Å²) in [6.45, 7) is 1.86. The van der Waals surface area contributed by atoms with E-state index in [-0.39, 0.29) is 16.5 Å². The molecule has 1 amide bonds. The molecule has 2 heterocycles. The van der Waals surface area contributed by atoms with Crippen molar-refractivity contribution in [3.05, 3.63) is 68.3 Å². The number of benzene rings is 1. The molecule has 0 saturated carbocycles. The van der Waals surface area contributed by atoms with Crippen LogP contribution in [0.15, 0.2) is 35.6 Å². The maximum Gasteiger partial charge on any atom is 0.341 e. The molecule has 0 aliphatic heterocycles. The number of hydrogen-bond donors (Lipinski definition) is 1. The van der Waals surface area contributed by atoms with Crippen LogP contribution in [-0.4, -0.2) is 37.4 Å². The molecule has 11 heteroatoms. The third-order valence-corrected chi connectivity index (χ3v) is 8.14. The number of fused-ring (bicyclic) bond motifs is 1. The SMILES string of the molecule is COC(=O)c1c(NC(=O)c2nc(S(=O)(=O)Cc3cccc(C)c3)ncc2Cl)sc2c1CCC2. The summed E-state index contributed by atoms with van der Waals surface area (Å²) < 4.78 is 30.6. The van der Waals surface area contributed by atoms with Crippen LogP contribution < -0.4 is 5.32 Å². The smallest absolute Gasteiger partial charge is 0.341 e. The van der Waals surface area contributed by atoms with Crippen molar-refractivity contribution in [3.63, 3.8) is 0 Å². The number of hydrogen-bond acceptors (Lipinski definition) is 8.